The lowest BCUT2D eigenvalue weighted by molar-refractivity contribution is -0.141. The summed E-state index contributed by atoms with van der Waals surface area (Å²) < 4.78 is 81.5. The molecule has 6 nitrogen and oxygen atoms in total. The SMILES string of the molecule is CCC/C1=C(\C(=O)Nc2ccc(C(F)(F)F)cc2-c2cc(C(F)(F)F)ncn2)C(=O)CCC(Cc2ccccc2Cl)N2CCCC12C. The number of halogens is 7. The van der Waals surface area contributed by atoms with Crippen LogP contribution in [0.4, 0.5) is 32.0 Å². The lowest BCUT2D eigenvalue weighted by Crippen LogP contribution is -2.52. The van der Waals surface area contributed by atoms with Crippen molar-refractivity contribution in [2.75, 3.05) is 11.9 Å². The van der Waals surface area contributed by atoms with Gasteiger partial charge in [-0.2, -0.15) is 26.3 Å². The van der Waals surface area contributed by atoms with E-state index < -0.39 is 52.1 Å². The number of benzene rings is 2. The maximum Gasteiger partial charge on any atom is 0.433 e. The molecule has 3 aromatic rings. The minimum atomic E-state index is -4.89. The topological polar surface area (TPSA) is 75.2 Å². The van der Waals surface area contributed by atoms with Crippen LogP contribution >= 0.6 is 11.6 Å². The molecule has 1 saturated heterocycles. The van der Waals surface area contributed by atoms with Crippen molar-refractivity contribution in [1.29, 1.82) is 0 Å². The van der Waals surface area contributed by atoms with E-state index in [1.165, 1.54) is 0 Å². The Morgan fingerprint density at radius 1 is 1.06 bits per heavy atom. The molecule has 1 fully saturated rings. The Hall–Kier alpha value is -3.77. The maximum absolute atomic E-state index is 14.1. The van der Waals surface area contributed by atoms with Crippen molar-refractivity contribution in [2.24, 2.45) is 0 Å². The molecular formula is C34H33ClF6N4O2. The summed E-state index contributed by atoms with van der Waals surface area (Å²) in [5, 5.41) is 3.20. The van der Waals surface area contributed by atoms with Gasteiger partial charge in [0.2, 0.25) is 0 Å². The van der Waals surface area contributed by atoms with Crippen LogP contribution in [0.2, 0.25) is 5.02 Å². The van der Waals surface area contributed by atoms with Crippen LogP contribution in [-0.4, -0.2) is 44.7 Å². The fourth-order valence-corrected chi connectivity index (χ4v) is 7.05. The number of alkyl halides is 6. The van der Waals surface area contributed by atoms with E-state index in [9.17, 15) is 35.9 Å². The Morgan fingerprint density at radius 2 is 1.81 bits per heavy atom. The molecule has 0 spiro atoms. The van der Waals surface area contributed by atoms with Crippen molar-refractivity contribution in [3.05, 3.63) is 87.8 Å². The van der Waals surface area contributed by atoms with E-state index >= 15 is 0 Å². The van der Waals surface area contributed by atoms with E-state index in [2.05, 4.69) is 20.2 Å². The molecule has 5 rings (SSSR count). The second-order valence-electron chi connectivity index (χ2n) is 12.1. The zero-order valence-corrected chi connectivity index (χ0v) is 26.5. The molecule has 250 valence electrons. The Kier molecular flexibility index (Phi) is 9.84. The number of fused-ring (bicyclic) bond motifs is 1. The Labute approximate surface area is 273 Å². The third kappa shape index (κ3) is 7.23. The first kappa shape index (κ1) is 34.6. The lowest BCUT2D eigenvalue weighted by Gasteiger charge is -2.45. The van der Waals surface area contributed by atoms with Gasteiger partial charge < -0.3 is 5.32 Å². The Balaban J connectivity index is 1.58. The molecule has 47 heavy (non-hydrogen) atoms. The van der Waals surface area contributed by atoms with Gasteiger partial charge >= 0.3 is 12.4 Å². The highest BCUT2D eigenvalue weighted by Crippen LogP contribution is 2.44. The molecule has 13 heteroatoms. The van der Waals surface area contributed by atoms with Crippen LogP contribution in [0.15, 0.2) is 66.0 Å². The summed E-state index contributed by atoms with van der Waals surface area (Å²) in [5.74, 6) is -1.24. The second kappa shape index (κ2) is 13.4. The van der Waals surface area contributed by atoms with E-state index in [1.807, 2.05) is 38.1 Å². The predicted molar refractivity (Wildman–Crippen MR) is 166 cm³/mol. The van der Waals surface area contributed by atoms with Crippen molar-refractivity contribution in [3.8, 4) is 11.3 Å². The summed E-state index contributed by atoms with van der Waals surface area (Å²) in [6.07, 6.45) is -5.49. The number of carbonyl (C=O) groups excluding carboxylic acids is 2. The van der Waals surface area contributed by atoms with Gasteiger partial charge in [-0.25, -0.2) is 9.97 Å². The number of hydrogen-bond donors (Lipinski definition) is 1. The van der Waals surface area contributed by atoms with Crippen molar-refractivity contribution in [1.82, 2.24) is 14.9 Å². The van der Waals surface area contributed by atoms with Gasteiger partial charge in [-0.3, -0.25) is 14.5 Å². The van der Waals surface area contributed by atoms with Gasteiger partial charge in [0.1, 0.15) is 12.0 Å². The van der Waals surface area contributed by atoms with E-state index in [1.54, 1.807) is 0 Å². The van der Waals surface area contributed by atoms with Crippen molar-refractivity contribution < 1.29 is 35.9 Å². The number of Topliss-reactive ketones (excluding diaryl/α,β-unsaturated/α-hetero) is 1. The number of anilines is 1. The second-order valence-corrected chi connectivity index (χ2v) is 12.5. The Bertz CT molecular complexity index is 1710. The Morgan fingerprint density at radius 3 is 2.49 bits per heavy atom. The average molecular weight is 679 g/mol. The number of carbonyl (C=O) groups is 2. The zero-order valence-electron chi connectivity index (χ0n) is 25.7. The van der Waals surface area contributed by atoms with E-state index in [4.69, 9.17) is 11.6 Å². The summed E-state index contributed by atoms with van der Waals surface area (Å²) in [5.41, 5.74) is -2.75. The highest BCUT2D eigenvalue weighted by molar-refractivity contribution is 6.31. The summed E-state index contributed by atoms with van der Waals surface area (Å²) in [4.78, 5) is 37.4. The first-order valence-corrected chi connectivity index (χ1v) is 15.7. The monoisotopic (exact) mass is 678 g/mol. The van der Waals surface area contributed by atoms with Gasteiger partial charge in [-0.1, -0.05) is 43.1 Å². The zero-order chi connectivity index (χ0) is 34.1. The van der Waals surface area contributed by atoms with E-state index in [0.29, 0.717) is 67.2 Å². The molecule has 1 amide bonds. The minimum absolute atomic E-state index is 0.0371. The molecule has 2 aromatic carbocycles. The summed E-state index contributed by atoms with van der Waals surface area (Å²) in [7, 11) is 0. The number of nitrogens with one attached hydrogen (secondary N) is 1. The molecule has 0 bridgehead atoms. The van der Waals surface area contributed by atoms with Gasteiger partial charge in [-0.05, 0) is 87.0 Å². The first-order chi connectivity index (χ1) is 22.1. The third-order valence-electron chi connectivity index (χ3n) is 9.04. The lowest BCUT2D eigenvalue weighted by atomic mass is 9.77. The van der Waals surface area contributed by atoms with Gasteiger partial charge in [-0.15, -0.1) is 0 Å². The average Bonchev–Trinajstić information content (AvgIpc) is 3.40. The minimum Gasteiger partial charge on any atom is -0.321 e. The molecule has 0 saturated carbocycles. The van der Waals surface area contributed by atoms with Crippen LogP contribution in [-0.2, 0) is 28.4 Å². The van der Waals surface area contributed by atoms with Crippen LogP contribution in [0.1, 0.15) is 69.2 Å². The molecule has 2 unspecified atom stereocenters. The molecular weight excluding hydrogens is 646 g/mol. The molecule has 2 atom stereocenters. The van der Waals surface area contributed by atoms with Crippen LogP contribution in [0.25, 0.3) is 11.3 Å². The van der Waals surface area contributed by atoms with E-state index in [0.717, 1.165) is 24.6 Å². The van der Waals surface area contributed by atoms with Crippen molar-refractivity contribution >= 4 is 29.0 Å². The summed E-state index contributed by atoms with van der Waals surface area (Å²) in [6.45, 7) is 4.68. The van der Waals surface area contributed by atoms with Gasteiger partial charge in [0.25, 0.3) is 5.91 Å². The molecule has 0 aliphatic carbocycles. The number of nitrogens with zero attached hydrogens (tertiary/aromatic N) is 3. The van der Waals surface area contributed by atoms with Crippen LogP contribution in [0, 0.1) is 0 Å². The molecule has 1 aromatic heterocycles. The number of rotatable bonds is 7. The van der Waals surface area contributed by atoms with Crippen molar-refractivity contribution in [2.45, 2.75) is 82.7 Å². The van der Waals surface area contributed by atoms with Crippen molar-refractivity contribution in [3.63, 3.8) is 0 Å². The number of hydrogen-bond acceptors (Lipinski definition) is 5. The van der Waals surface area contributed by atoms with Crippen LogP contribution in [0.3, 0.4) is 0 Å². The molecule has 2 aliphatic rings. The fourth-order valence-electron chi connectivity index (χ4n) is 6.83. The standard InChI is InChI=1S/C34H33ClF6N4O2/c1-3-7-24-30(28(46)13-11-22(45-15-6-14-32(24,45)2)16-20-8-4-5-9-25(20)35)31(47)44-26-12-10-21(33(36,37)38)17-23(26)27-18-29(34(39,40)41)43-19-42-27/h4-5,8-10,12,17-19,22H,3,6-7,11,13-16H2,1-2H3,(H,44,47)/b30-24+. The highest BCUT2D eigenvalue weighted by atomic mass is 35.5. The van der Waals surface area contributed by atoms with Crippen LogP contribution in [0.5, 0.6) is 0 Å². The largest absolute Gasteiger partial charge is 0.433 e. The third-order valence-corrected chi connectivity index (χ3v) is 9.41. The van der Waals surface area contributed by atoms with Gasteiger partial charge in [0, 0.05) is 28.6 Å². The normalized spacial score (nSPS) is 22.5. The predicted octanol–water partition coefficient (Wildman–Crippen LogP) is 8.70. The molecule has 2 aliphatic heterocycles. The van der Waals surface area contributed by atoms with Gasteiger partial charge in [0.05, 0.1) is 22.5 Å². The first-order valence-electron chi connectivity index (χ1n) is 15.3. The quantitative estimate of drug-likeness (QED) is 0.200. The number of ketones is 1. The number of aromatic nitrogens is 2. The van der Waals surface area contributed by atoms with E-state index in [-0.39, 0.29) is 23.7 Å². The van der Waals surface area contributed by atoms with Crippen LogP contribution < -0.4 is 5.32 Å². The highest BCUT2D eigenvalue weighted by Gasteiger charge is 2.47. The molecule has 0 radical (unpaired) electrons. The maximum atomic E-state index is 14.1. The molecule has 1 N–H and O–H groups in total. The smallest absolute Gasteiger partial charge is 0.321 e. The van der Waals surface area contributed by atoms with Gasteiger partial charge in [0.15, 0.2) is 5.78 Å². The summed E-state index contributed by atoms with van der Waals surface area (Å²) >= 11 is 6.49. The fraction of sp³-hybridized carbons (Fsp3) is 0.412. The number of amides is 1. The summed E-state index contributed by atoms with van der Waals surface area (Å²) in [6, 6.07) is 10.3. The molecule has 3 heterocycles.